The van der Waals surface area contributed by atoms with Gasteiger partial charge in [-0.3, -0.25) is 0 Å². The highest BCUT2D eigenvalue weighted by molar-refractivity contribution is 5.96. The van der Waals surface area contributed by atoms with Crippen LogP contribution in [0.2, 0.25) is 0 Å². The van der Waals surface area contributed by atoms with Crippen LogP contribution in [0.1, 0.15) is 15.9 Å². The van der Waals surface area contributed by atoms with E-state index < -0.39 is 17.6 Å². The number of halogens is 2. The predicted molar refractivity (Wildman–Crippen MR) is 63.5 cm³/mol. The number of benzene rings is 2. The maximum Gasteiger partial charge on any atom is 0.336 e. The van der Waals surface area contributed by atoms with Crippen molar-refractivity contribution in [3.05, 3.63) is 59.2 Å². The molecule has 0 saturated heterocycles. The van der Waals surface area contributed by atoms with Gasteiger partial charge in [-0.2, -0.15) is 0 Å². The van der Waals surface area contributed by atoms with Crippen molar-refractivity contribution in [2.45, 2.75) is 6.92 Å². The minimum absolute atomic E-state index is 0.0421. The van der Waals surface area contributed by atoms with E-state index in [4.69, 9.17) is 5.11 Å². The van der Waals surface area contributed by atoms with Crippen LogP contribution >= 0.6 is 0 Å². The van der Waals surface area contributed by atoms with E-state index in [1.807, 2.05) is 0 Å². The summed E-state index contributed by atoms with van der Waals surface area (Å²) in [6.07, 6.45) is 0. The van der Waals surface area contributed by atoms with Gasteiger partial charge in [0.25, 0.3) is 0 Å². The lowest BCUT2D eigenvalue weighted by atomic mass is 9.97. The lowest BCUT2D eigenvalue weighted by Crippen LogP contribution is -2.02. The van der Waals surface area contributed by atoms with Crippen LogP contribution in [0, 0.1) is 18.6 Å². The van der Waals surface area contributed by atoms with E-state index in [0.717, 1.165) is 6.07 Å². The summed E-state index contributed by atoms with van der Waals surface area (Å²) < 4.78 is 26.6. The zero-order chi connectivity index (χ0) is 13.3. The van der Waals surface area contributed by atoms with Gasteiger partial charge >= 0.3 is 5.97 Å². The molecule has 0 saturated carbocycles. The third kappa shape index (κ3) is 2.22. The first kappa shape index (κ1) is 12.2. The van der Waals surface area contributed by atoms with E-state index in [1.54, 1.807) is 6.07 Å². The molecule has 92 valence electrons. The third-order valence-electron chi connectivity index (χ3n) is 2.66. The number of carbonyl (C=O) groups is 1. The van der Waals surface area contributed by atoms with Crippen molar-refractivity contribution in [1.29, 1.82) is 0 Å². The molecule has 1 N–H and O–H groups in total. The molecule has 2 aromatic carbocycles. The summed E-state index contributed by atoms with van der Waals surface area (Å²) >= 11 is 0. The number of hydrogen-bond donors (Lipinski definition) is 1. The van der Waals surface area contributed by atoms with Crippen LogP contribution in [0.4, 0.5) is 8.78 Å². The van der Waals surface area contributed by atoms with Gasteiger partial charge in [-0.1, -0.05) is 12.1 Å². The van der Waals surface area contributed by atoms with Crippen molar-refractivity contribution in [3.63, 3.8) is 0 Å². The number of aryl methyl sites for hydroxylation is 1. The van der Waals surface area contributed by atoms with Crippen molar-refractivity contribution in [3.8, 4) is 11.1 Å². The SMILES string of the molecule is Cc1cc(C(=O)O)c(-c2cccc(F)c2)cc1F. The normalized spacial score (nSPS) is 10.4. The van der Waals surface area contributed by atoms with E-state index in [9.17, 15) is 13.6 Å². The van der Waals surface area contributed by atoms with Gasteiger partial charge in [-0.15, -0.1) is 0 Å². The molecule has 18 heavy (non-hydrogen) atoms. The Balaban J connectivity index is 2.69. The van der Waals surface area contributed by atoms with E-state index >= 15 is 0 Å². The summed E-state index contributed by atoms with van der Waals surface area (Å²) in [5, 5.41) is 9.10. The Morgan fingerprint density at radius 2 is 1.89 bits per heavy atom. The first-order chi connectivity index (χ1) is 8.49. The van der Waals surface area contributed by atoms with Gasteiger partial charge in [0.2, 0.25) is 0 Å². The molecule has 0 atom stereocenters. The van der Waals surface area contributed by atoms with Crippen LogP contribution in [-0.2, 0) is 0 Å². The smallest absolute Gasteiger partial charge is 0.336 e. The fourth-order valence-electron chi connectivity index (χ4n) is 1.75. The molecule has 0 heterocycles. The van der Waals surface area contributed by atoms with Crippen LogP contribution in [0.3, 0.4) is 0 Å². The van der Waals surface area contributed by atoms with Crippen molar-refractivity contribution in [2.24, 2.45) is 0 Å². The third-order valence-corrected chi connectivity index (χ3v) is 2.66. The van der Waals surface area contributed by atoms with Gasteiger partial charge in [-0.05, 0) is 47.9 Å². The lowest BCUT2D eigenvalue weighted by molar-refractivity contribution is 0.0697. The molecule has 0 aliphatic carbocycles. The van der Waals surface area contributed by atoms with Gasteiger partial charge in [-0.25, -0.2) is 13.6 Å². The summed E-state index contributed by atoms with van der Waals surface area (Å²) in [6, 6.07) is 7.78. The van der Waals surface area contributed by atoms with Crippen molar-refractivity contribution in [1.82, 2.24) is 0 Å². The van der Waals surface area contributed by atoms with E-state index in [1.165, 1.54) is 31.2 Å². The summed E-state index contributed by atoms with van der Waals surface area (Å²) in [5.74, 6) is -2.18. The molecule has 0 unspecified atom stereocenters. The van der Waals surface area contributed by atoms with Crippen LogP contribution < -0.4 is 0 Å². The molecule has 0 amide bonds. The first-order valence-corrected chi connectivity index (χ1v) is 5.28. The molecule has 0 aromatic heterocycles. The fourth-order valence-corrected chi connectivity index (χ4v) is 1.75. The molecule has 0 bridgehead atoms. The molecule has 0 spiro atoms. The number of carboxylic acids is 1. The lowest BCUT2D eigenvalue weighted by Gasteiger charge is -2.08. The highest BCUT2D eigenvalue weighted by Gasteiger charge is 2.15. The second-order valence-corrected chi connectivity index (χ2v) is 3.96. The molecule has 2 nitrogen and oxygen atoms in total. The van der Waals surface area contributed by atoms with E-state index in [-0.39, 0.29) is 16.7 Å². The minimum Gasteiger partial charge on any atom is -0.478 e. The van der Waals surface area contributed by atoms with Gasteiger partial charge in [0.05, 0.1) is 5.56 Å². The van der Waals surface area contributed by atoms with E-state index in [0.29, 0.717) is 5.56 Å². The Morgan fingerprint density at radius 1 is 1.17 bits per heavy atom. The van der Waals surface area contributed by atoms with Crippen LogP contribution in [0.15, 0.2) is 36.4 Å². The molecule has 0 aliphatic heterocycles. The number of rotatable bonds is 2. The van der Waals surface area contributed by atoms with Gasteiger partial charge in [0, 0.05) is 0 Å². The molecule has 0 radical (unpaired) electrons. The molecule has 2 rings (SSSR count). The Kier molecular flexibility index (Phi) is 3.10. The number of hydrogen-bond acceptors (Lipinski definition) is 1. The molecule has 4 heteroatoms. The van der Waals surface area contributed by atoms with Crippen molar-refractivity contribution < 1.29 is 18.7 Å². The summed E-state index contributed by atoms with van der Waals surface area (Å²) in [5.41, 5.74) is 0.712. The van der Waals surface area contributed by atoms with Gasteiger partial charge < -0.3 is 5.11 Å². The van der Waals surface area contributed by atoms with Gasteiger partial charge in [0.1, 0.15) is 11.6 Å². The zero-order valence-corrected chi connectivity index (χ0v) is 9.58. The Hall–Kier alpha value is -2.23. The summed E-state index contributed by atoms with van der Waals surface area (Å²) in [6.45, 7) is 1.48. The Bertz CT molecular complexity index is 621. The second kappa shape index (κ2) is 4.56. The van der Waals surface area contributed by atoms with Crippen LogP contribution in [-0.4, -0.2) is 11.1 Å². The van der Waals surface area contributed by atoms with Crippen molar-refractivity contribution in [2.75, 3.05) is 0 Å². The maximum atomic E-state index is 13.5. The molecule has 2 aromatic rings. The topological polar surface area (TPSA) is 37.3 Å². The maximum absolute atomic E-state index is 13.5. The minimum atomic E-state index is -1.17. The zero-order valence-electron chi connectivity index (χ0n) is 9.58. The average molecular weight is 248 g/mol. The number of aromatic carboxylic acids is 1. The Morgan fingerprint density at radius 3 is 2.50 bits per heavy atom. The standard InChI is InChI=1S/C14H10F2O2/c1-8-5-12(14(17)18)11(7-13(8)16)9-3-2-4-10(15)6-9/h2-7H,1H3,(H,17,18). The van der Waals surface area contributed by atoms with Crippen LogP contribution in [0.5, 0.6) is 0 Å². The number of carboxylic acid groups (broad SMARTS) is 1. The highest BCUT2D eigenvalue weighted by Crippen LogP contribution is 2.27. The largest absolute Gasteiger partial charge is 0.478 e. The average Bonchev–Trinajstić information content (AvgIpc) is 2.31. The monoisotopic (exact) mass is 248 g/mol. The molecule has 0 fully saturated rings. The van der Waals surface area contributed by atoms with Gasteiger partial charge in [0.15, 0.2) is 0 Å². The van der Waals surface area contributed by atoms with Crippen LogP contribution in [0.25, 0.3) is 11.1 Å². The van der Waals surface area contributed by atoms with Crippen molar-refractivity contribution >= 4 is 5.97 Å². The Labute approximate surface area is 103 Å². The molecule has 0 aliphatic rings. The molecular formula is C14H10F2O2. The summed E-state index contributed by atoms with van der Waals surface area (Å²) in [7, 11) is 0. The molecular weight excluding hydrogens is 238 g/mol. The predicted octanol–water partition coefficient (Wildman–Crippen LogP) is 3.64. The second-order valence-electron chi connectivity index (χ2n) is 3.96. The summed E-state index contributed by atoms with van der Waals surface area (Å²) in [4.78, 5) is 11.1. The highest BCUT2D eigenvalue weighted by atomic mass is 19.1. The van der Waals surface area contributed by atoms with E-state index in [2.05, 4.69) is 0 Å². The fraction of sp³-hybridized carbons (Fsp3) is 0.0714. The quantitative estimate of drug-likeness (QED) is 0.880. The first-order valence-electron chi connectivity index (χ1n) is 5.28.